The Balaban J connectivity index is 2.17. The first-order chi connectivity index (χ1) is 10.2. The third-order valence-corrected chi connectivity index (χ3v) is 6.97. The van der Waals surface area contributed by atoms with E-state index in [0.717, 1.165) is 8.95 Å². The van der Waals surface area contributed by atoms with Gasteiger partial charge in [-0.1, -0.05) is 44.0 Å². The lowest BCUT2D eigenvalue weighted by atomic mass is 10.2. The number of hydrogen-bond acceptors (Lipinski definition) is 0. The van der Waals surface area contributed by atoms with Crippen LogP contribution in [0.1, 0.15) is 0 Å². The van der Waals surface area contributed by atoms with Crippen LogP contribution in [0.4, 0.5) is 0 Å². The van der Waals surface area contributed by atoms with Crippen LogP contribution in [0.2, 0.25) is 0 Å². The standard InChI is InChI=1S/C18H11Br2S/c19-12-5-8-14(9-6-12)21-17-4-2-1-3-15(17)16-11-13(20)7-10-18(16)21/h1-11H/q+1. The Kier molecular flexibility index (Phi) is 3.37. The van der Waals surface area contributed by atoms with Crippen LogP contribution >= 0.6 is 42.3 Å². The second-order valence-corrected chi connectivity index (χ2v) is 8.69. The predicted molar refractivity (Wildman–Crippen MR) is 101 cm³/mol. The Bertz CT molecular complexity index is 952. The van der Waals surface area contributed by atoms with Gasteiger partial charge in [0.1, 0.15) is 0 Å². The van der Waals surface area contributed by atoms with Crippen LogP contribution < -0.4 is 0 Å². The van der Waals surface area contributed by atoms with Crippen molar-refractivity contribution in [3.8, 4) is 4.90 Å². The van der Waals surface area contributed by atoms with E-state index in [1.165, 1.54) is 25.1 Å². The summed E-state index contributed by atoms with van der Waals surface area (Å²) in [5.41, 5.74) is 0. The predicted octanol–water partition coefficient (Wildman–Crippen LogP) is 7.26. The Morgan fingerprint density at radius 3 is 2.10 bits per heavy atom. The lowest BCUT2D eigenvalue weighted by molar-refractivity contribution is 1.69. The SMILES string of the molecule is Brc1ccc(-[s+]2c3ccccc3c3cc(Br)ccc32)cc1. The van der Waals surface area contributed by atoms with Crippen molar-refractivity contribution in [2.24, 2.45) is 0 Å². The summed E-state index contributed by atoms with van der Waals surface area (Å²) in [6, 6.07) is 24.1. The van der Waals surface area contributed by atoms with E-state index in [0.29, 0.717) is 0 Å². The van der Waals surface area contributed by atoms with Crippen LogP contribution in [0.25, 0.3) is 25.1 Å². The maximum absolute atomic E-state index is 3.60. The second-order valence-electron chi connectivity index (χ2n) is 4.90. The van der Waals surface area contributed by atoms with Gasteiger partial charge in [-0.3, -0.25) is 0 Å². The van der Waals surface area contributed by atoms with E-state index >= 15 is 0 Å². The molecule has 1 unspecified atom stereocenters. The highest BCUT2D eigenvalue weighted by atomic mass is 79.9. The van der Waals surface area contributed by atoms with E-state index in [1.807, 2.05) is 0 Å². The molecule has 0 spiro atoms. The molecular weight excluding hydrogens is 408 g/mol. The van der Waals surface area contributed by atoms with Crippen molar-refractivity contribution in [1.82, 2.24) is 0 Å². The van der Waals surface area contributed by atoms with E-state index in [-0.39, 0.29) is 10.5 Å². The number of fused-ring (bicyclic) bond motifs is 3. The summed E-state index contributed by atoms with van der Waals surface area (Å²) in [7, 11) is 0.00123. The first-order valence-electron chi connectivity index (χ1n) is 6.63. The van der Waals surface area contributed by atoms with Crippen molar-refractivity contribution >= 4 is 62.5 Å². The van der Waals surface area contributed by atoms with Crippen LogP contribution in [0, 0.1) is 0 Å². The van der Waals surface area contributed by atoms with E-state index in [9.17, 15) is 0 Å². The minimum Gasteiger partial charge on any atom is -0.0612 e. The zero-order valence-electron chi connectivity index (χ0n) is 11.0. The van der Waals surface area contributed by atoms with Gasteiger partial charge in [-0.05, 0) is 48.5 Å². The first kappa shape index (κ1) is 13.5. The Morgan fingerprint density at radius 1 is 0.619 bits per heavy atom. The normalized spacial score (nSPS) is 12.2. The highest BCUT2D eigenvalue weighted by Gasteiger charge is 2.23. The van der Waals surface area contributed by atoms with Crippen LogP contribution in [0.3, 0.4) is 0 Å². The fourth-order valence-electron chi connectivity index (χ4n) is 2.70. The lowest BCUT2D eigenvalue weighted by Gasteiger charge is -1.94. The van der Waals surface area contributed by atoms with Gasteiger partial charge in [-0.2, -0.15) is 0 Å². The summed E-state index contributed by atoms with van der Waals surface area (Å²) >= 11 is 7.12. The maximum Gasteiger partial charge on any atom is 0.187 e. The van der Waals surface area contributed by atoms with Crippen LogP contribution in [0.5, 0.6) is 0 Å². The van der Waals surface area contributed by atoms with Gasteiger partial charge >= 0.3 is 0 Å². The summed E-state index contributed by atoms with van der Waals surface area (Å²) in [5, 5.41) is 2.71. The van der Waals surface area contributed by atoms with Crippen LogP contribution in [-0.4, -0.2) is 0 Å². The molecule has 1 aromatic heterocycles. The molecule has 0 amide bonds. The minimum atomic E-state index is 0.00123. The Hall–Kier alpha value is -1.16. The summed E-state index contributed by atoms with van der Waals surface area (Å²) in [6.45, 7) is 0. The van der Waals surface area contributed by atoms with E-state index in [2.05, 4.69) is 98.6 Å². The third-order valence-electron chi connectivity index (χ3n) is 3.61. The van der Waals surface area contributed by atoms with Gasteiger partial charge in [0, 0.05) is 36.3 Å². The zero-order chi connectivity index (χ0) is 14.4. The van der Waals surface area contributed by atoms with Gasteiger partial charge in [0.2, 0.25) is 0 Å². The molecule has 0 aliphatic rings. The van der Waals surface area contributed by atoms with Crippen molar-refractivity contribution < 1.29 is 0 Å². The zero-order valence-corrected chi connectivity index (χ0v) is 15.0. The van der Waals surface area contributed by atoms with Crippen molar-refractivity contribution in [2.75, 3.05) is 0 Å². The molecule has 0 bridgehead atoms. The molecule has 3 aromatic carbocycles. The molecule has 0 radical (unpaired) electrons. The fraction of sp³-hybridized carbons (Fsp3) is 0. The molecule has 21 heavy (non-hydrogen) atoms. The molecular formula is C18H11Br2S+. The summed E-state index contributed by atoms with van der Waals surface area (Å²) in [5.74, 6) is 0. The number of benzene rings is 3. The van der Waals surface area contributed by atoms with Gasteiger partial charge in [-0.15, -0.1) is 0 Å². The van der Waals surface area contributed by atoms with Crippen molar-refractivity contribution in [1.29, 1.82) is 0 Å². The van der Waals surface area contributed by atoms with Gasteiger partial charge < -0.3 is 0 Å². The largest absolute Gasteiger partial charge is 0.187 e. The van der Waals surface area contributed by atoms with Gasteiger partial charge in [0.25, 0.3) is 0 Å². The summed E-state index contributed by atoms with van der Waals surface area (Å²) < 4.78 is 5.10. The maximum atomic E-state index is 3.60. The Labute approximate surface area is 142 Å². The number of thiophene rings is 1. The van der Waals surface area contributed by atoms with E-state index < -0.39 is 0 Å². The van der Waals surface area contributed by atoms with Crippen LogP contribution in [0.15, 0.2) is 75.7 Å². The first-order valence-corrected chi connectivity index (χ1v) is 9.44. The van der Waals surface area contributed by atoms with Gasteiger partial charge in [0.15, 0.2) is 14.3 Å². The molecule has 4 aromatic rings. The molecule has 4 rings (SSSR count). The fourth-order valence-corrected chi connectivity index (χ4v) is 5.68. The average Bonchev–Trinajstić information content (AvgIpc) is 2.82. The minimum absolute atomic E-state index is 0.00123. The molecule has 0 fully saturated rings. The number of rotatable bonds is 1. The Morgan fingerprint density at radius 2 is 1.29 bits per heavy atom. The molecule has 102 valence electrons. The molecule has 1 heterocycles. The average molecular weight is 419 g/mol. The number of hydrogen-bond donors (Lipinski definition) is 0. The van der Waals surface area contributed by atoms with Crippen molar-refractivity contribution in [2.45, 2.75) is 0 Å². The van der Waals surface area contributed by atoms with Gasteiger partial charge in [-0.25, -0.2) is 0 Å². The highest BCUT2D eigenvalue weighted by molar-refractivity contribution is 9.10. The smallest absolute Gasteiger partial charge is 0.0612 e. The van der Waals surface area contributed by atoms with E-state index in [4.69, 9.17) is 0 Å². The molecule has 1 atom stereocenters. The molecule has 0 nitrogen and oxygen atoms in total. The van der Waals surface area contributed by atoms with Gasteiger partial charge in [0.05, 0.1) is 0 Å². The molecule has 3 heteroatoms. The number of halogens is 2. The molecule has 0 N–H and O–H groups in total. The van der Waals surface area contributed by atoms with E-state index in [1.54, 1.807) is 0 Å². The monoisotopic (exact) mass is 417 g/mol. The lowest BCUT2D eigenvalue weighted by Crippen LogP contribution is -1.70. The molecule has 0 saturated carbocycles. The quantitative estimate of drug-likeness (QED) is 0.285. The molecule has 0 saturated heterocycles. The molecule has 0 aliphatic heterocycles. The van der Waals surface area contributed by atoms with Crippen LogP contribution in [-0.2, 0) is 0 Å². The third kappa shape index (κ3) is 2.24. The van der Waals surface area contributed by atoms with Crippen molar-refractivity contribution in [3.63, 3.8) is 0 Å². The second kappa shape index (κ2) is 5.24. The topological polar surface area (TPSA) is 0 Å². The highest BCUT2D eigenvalue weighted by Crippen LogP contribution is 2.48. The van der Waals surface area contributed by atoms with Crippen molar-refractivity contribution in [3.05, 3.63) is 75.7 Å². The summed E-state index contributed by atoms with van der Waals surface area (Å²) in [6.07, 6.45) is 0. The summed E-state index contributed by atoms with van der Waals surface area (Å²) in [4.78, 5) is 1.37. The molecule has 0 aliphatic carbocycles.